The molecule has 1 saturated heterocycles. The predicted molar refractivity (Wildman–Crippen MR) is 113 cm³/mol. The van der Waals surface area contributed by atoms with Crippen LogP contribution in [0.25, 0.3) is 0 Å². The van der Waals surface area contributed by atoms with Crippen molar-refractivity contribution >= 4 is 40.9 Å². The molecule has 7 heteroatoms. The monoisotopic (exact) mass is 435 g/mol. The van der Waals surface area contributed by atoms with E-state index in [4.69, 9.17) is 16.3 Å². The number of esters is 1. The maximum atomic E-state index is 12.9. The van der Waals surface area contributed by atoms with Gasteiger partial charge in [-0.2, -0.15) is 0 Å². The summed E-state index contributed by atoms with van der Waals surface area (Å²) in [6.07, 6.45) is 4.97. The van der Waals surface area contributed by atoms with Crippen LogP contribution in [0.15, 0.2) is 60.7 Å². The normalized spacial score (nSPS) is 25.8. The topological polar surface area (TPSA) is 80.8 Å². The van der Waals surface area contributed by atoms with E-state index in [2.05, 4.69) is 0 Å². The Morgan fingerprint density at radius 3 is 2.00 bits per heavy atom. The predicted octanol–water partition coefficient (Wildman–Crippen LogP) is 3.69. The van der Waals surface area contributed by atoms with Gasteiger partial charge in [-0.15, -0.1) is 0 Å². The lowest BCUT2D eigenvalue weighted by Crippen LogP contribution is -2.32. The molecule has 0 N–H and O–H groups in total. The zero-order chi connectivity index (χ0) is 21.7. The molecule has 6 nitrogen and oxygen atoms in total. The number of amides is 2. The van der Waals surface area contributed by atoms with Crippen LogP contribution >= 0.6 is 11.6 Å². The van der Waals surface area contributed by atoms with Gasteiger partial charge in [-0.3, -0.25) is 19.3 Å². The van der Waals surface area contributed by atoms with E-state index in [9.17, 15) is 19.2 Å². The zero-order valence-corrected chi connectivity index (χ0v) is 17.1. The van der Waals surface area contributed by atoms with Gasteiger partial charge in [0.1, 0.15) is 0 Å². The third-order valence-corrected chi connectivity index (χ3v) is 6.58. The number of imide groups is 1. The fourth-order valence-electron chi connectivity index (χ4n) is 4.84. The summed E-state index contributed by atoms with van der Waals surface area (Å²) in [6.45, 7) is -0.398. The molecule has 2 fully saturated rings. The molecule has 2 aliphatic carbocycles. The molecule has 3 aliphatic rings. The molecule has 0 aromatic heterocycles. The van der Waals surface area contributed by atoms with Crippen LogP contribution in [0, 0.1) is 23.7 Å². The number of ether oxygens (including phenoxy) is 1. The molecule has 2 bridgehead atoms. The Morgan fingerprint density at radius 2 is 1.42 bits per heavy atom. The first-order valence-electron chi connectivity index (χ1n) is 10.1. The minimum Gasteiger partial charge on any atom is -0.454 e. The number of halogens is 1. The number of Topliss-reactive ketones (excluding diaryl/α,β-unsaturated/α-hetero) is 1. The summed E-state index contributed by atoms with van der Waals surface area (Å²) in [7, 11) is 0. The molecule has 156 valence electrons. The highest BCUT2D eigenvalue weighted by Gasteiger charge is 2.59. The summed E-state index contributed by atoms with van der Waals surface area (Å²) < 4.78 is 5.10. The van der Waals surface area contributed by atoms with Gasteiger partial charge in [-0.05, 0) is 66.8 Å². The number of anilines is 1. The summed E-state index contributed by atoms with van der Waals surface area (Å²) in [5.74, 6) is -1.60. The van der Waals surface area contributed by atoms with Gasteiger partial charge in [0.2, 0.25) is 11.8 Å². The summed E-state index contributed by atoms with van der Waals surface area (Å²) in [5, 5.41) is 0.510. The molecular weight excluding hydrogens is 418 g/mol. The minimum absolute atomic E-state index is 0.142. The maximum Gasteiger partial charge on any atom is 0.338 e. The average Bonchev–Trinajstić information content (AvgIpc) is 3.46. The minimum atomic E-state index is -0.660. The van der Waals surface area contributed by atoms with Crippen molar-refractivity contribution < 1.29 is 23.9 Å². The fourth-order valence-corrected chi connectivity index (χ4v) is 4.96. The van der Waals surface area contributed by atoms with E-state index in [0.717, 1.165) is 6.42 Å². The summed E-state index contributed by atoms with van der Waals surface area (Å²) >= 11 is 5.80. The molecule has 1 saturated carbocycles. The van der Waals surface area contributed by atoms with Crippen LogP contribution < -0.4 is 4.90 Å². The van der Waals surface area contributed by atoms with Crippen LogP contribution in [0.5, 0.6) is 0 Å². The third kappa shape index (κ3) is 3.27. The quantitative estimate of drug-likeness (QED) is 0.309. The third-order valence-electron chi connectivity index (χ3n) is 6.33. The number of benzene rings is 2. The van der Waals surface area contributed by atoms with Crippen LogP contribution in [-0.2, 0) is 14.3 Å². The Kier molecular flexibility index (Phi) is 4.74. The van der Waals surface area contributed by atoms with Crippen LogP contribution in [0.4, 0.5) is 5.69 Å². The summed E-state index contributed by atoms with van der Waals surface area (Å²) in [6, 6.07) is 12.4. The number of ketones is 1. The highest BCUT2D eigenvalue weighted by Crippen LogP contribution is 2.53. The summed E-state index contributed by atoms with van der Waals surface area (Å²) in [5.41, 5.74) is 1.07. The molecule has 0 spiro atoms. The Bertz CT molecular complexity index is 1090. The van der Waals surface area contributed by atoms with E-state index in [1.54, 1.807) is 36.4 Å². The first-order chi connectivity index (χ1) is 14.9. The van der Waals surface area contributed by atoms with Crippen molar-refractivity contribution in [1.82, 2.24) is 0 Å². The van der Waals surface area contributed by atoms with Gasteiger partial charge >= 0.3 is 5.97 Å². The summed E-state index contributed by atoms with van der Waals surface area (Å²) in [4.78, 5) is 51.4. The number of hydrogen-bond donors (Lipinski definition) is 0. The van der Waals surface area contributed by atoms with Crippen LogP contribution in [0.2, 0.25) is 5.02 Å². The van der Waals surface area contributed by atoms with Crippen molar-refractivity contribution in [2.24, 2.45) is 23.7 Å². The number of carbonyl (C=O) groups excluding carboxylic acids is 4. The first kappa shape index (κ1) is 19.7. The van der Waals surface area contributed by atoms with Crippen molar-refractivity contribution in [3.63, 3.8) is 0 Å². The second-order valence-corrected chi connectivity index (χ2v) is 8.50. The van der Waals surface area contributed by atoms with Gasteiger partial charge < -0.3 is 4.74 Å². The SMILES string of the molecule is O=C(COC(=O)c1ccc(N2C(=O)[C@@H]3[C@H](C2=O)[C@H]2C=C[C@H]3C2)cc1)c1ccc(Cl)cc1. The van der Waals surface area contributed by atoms with E-state index in [-0.39, 0.29) is 46.8 Å². The van der Waals surface area contributed by atoms with Crippen molar-refractivity contribution in [2.75, 3.05) is 11.5 Å². The molecule has 5 rings (SSSR count). The zero-order valence-electron chi connectivity index (χ0n) is 16.4. The second-order valence-electron chi connectivity index (χ2n) is 8.06. The van der Waals surface area contributed by atoms with Gasteiger partial charge in [0.05, 0.1) is 23.1 Å². The van der Waals surface area contributed by atoms with E-state index >= 15 is 0 Å². The van der Waals surface area contributed by atoms with Crippen LogP contribution in [0.1, 0.15) is 27.1 Å². The van der Waals surface area contributed by atoms with Gasteiger partial charge in [0.25, 0.3) is 0 Å². The molecule has 1 heterocycles. The molecule has 1 aliphatic heterocycles. The van der Waals surface area contributed by atoms with E-state index in [0.29, 0.717) is 16.3 Å². The molecule has 2 aromatic carbocycles. The highest BCUT2D eigenvalue weighted by molar-refractivity contribution is 6.30. The largest absolute Gasteiger partial charge is 0.454 e. The maximum absolute atomic E-state index is 12.9. The van der Waals surface area contributed by atoms with E-state index < -0.39 is 12.6 Å². The highest BCUT2D eigenvalue weighted by atomic mass is 35.5. The molecule has 2 amide bonds. The van der Waals surface area contributed by atoms with Crippen molar-refractivity contribution in [3.05, 3.63) is 76.8 Å². The molecule has 0 unspecified atom stereocenters. The average molecular weight is 436 g/mol. The first-order valence-corrected chi connectivity index (χ1v) is 10.4. The molecular formula is C24H18ClNO5. The Labute approximate surface area is 183 Å². The molecule has 0 radical (unpaired) electrons. The van der Waals surface area contributed by atoms with Gasteiger partial charge in [-0.1, -0.05) is 23.8 Å². The lowest BCUT2D eigenvalue weighted by molar-refractivity contribution is -0.123. The number of rotatable bonds is 5. The number of fused-ring (bicyclic) bond motifs is 5. The number of allylic oxidation sites excluding steroid dienone is 2. The van der Waals surface area contributed by atoms with Gasteiger partial charge in [0.15, 0.2) is 12.4 Å². The Hall–Kier alpha value is -3.25. The lowest BCUT2D eigenvalue weighted by Gasteiger charge is -2.17. The van der Waals surface area contributed by atoms with Crippen molar-refractivity contribution in [1.29, 1.82) is 0 Å². The van der Waals surface area contributed by atoms with Gasteiger partial charge in [0, 0.05) is 10.6 Å². The van der Waals surface area contributed by atoms with Crippen LogP contribution in [0.3, 0.4) is 0 Å². The lowest BCUT2D eigenvalue weighted by atomic mass is 9.85. The van der Waals surface area contributed by atoms with Crippen molar-refractivity contribution in [2.45, 2.75) is 6.42 Å². The Morgan fingerprint density at radius 1 is 0.871 bits per heavy atom. The van der Waals surface area contributed by atoms with E-state index in [1.807, 2.05) is 12.2 Å². The van der Waals surface area contributed by atoms with Gasteiger partial charge in [-0.25, -0.2) is 4.79 Å². The Balaban J connectivity index is 1.24. The molecule has 2 aromatic rings. The van der Waals surface area contributed by atoms with E-state index in [1.165, 1.54) is 17.0 Å². The second kappa shape index (κ2) is 7.46. The fraction of sp³-hybridized carbons (Fsp3) is 0.250. The number of nitrogens with zero attached hydrogens (tertiary/aromatic N) is 1. The molecule has 4 atom stereocenters. The standard InChI is InChI=1S/C24H18ClNO5/c25-17-7-3-13(4-8-17)19(27)12-31-24(30)14-5-9-18(10-6-14)26-22(28)20-15-1-2-16(11-15)21(20)23(26)29/h1-10,15-16,20-21H,11-12H2/t15-,16-,20-,21+/m0/s1. The van der Waals surface area contributed by atoms with Crippen LogP contribution in [-0.4, -0.2) is 30.2 Å². The number of hydrogen-bond acceptors (Lipinski definition) is 5. The van der Waals surface area contributed by atoms with Crippen molar-refractivity contribution in [3.8, 4) is 0 Å². The number of carbonyl (C=O) groups is 4. The smallest absolute Gasteiger partial charge is 0.338 e. The molecule has 31 heavy (non-hydrogen) atoms.